The van der Waals surface area contributed by atoms with Gasteiger partial charge in [-0.3, -0.25) is 15.0 Å². The lowest BCUT2D eigenvalue weighted by molar-refractivity contribution is -0.383. The van der Waals surface area contributed by atoms with Crippen molar-refractivity contribution < 1.29 is 19.2 Å². The molecule has 0 bridgehead atoms. The molecular weight excluding hydrogens is 484 g/mol. The number of nitro benzene ring substituents is 1. The summed E-state index contributed by atoms with van der Waals surface area (Å²) >= 11 is 0. The highest BCUT2D eigenvalue weighted by Gasteiger charge is 2.25. The van der Waals surface area contributed by atoms with Gasteiger partial charge in [0.2, 0.25) is 0 Å². The predicted octanol–water partition coefficient (Wildman–Crippen LogP) is 4.83. The Kier molecular flexibility index (Phi) is 7.46. The average Bonchev–Trinajstić information content (AvgIpc) is 2.96. The van der Waals surface area contributed by atoms with E-state index in [1.165, 1.54) is 24.8 Å². The van der Waals surface area contributed by atoms with E-state index in [2.05, 4.69) is 26.9 Å². The molecule has 0 spiro atoms. The van der Waals surface area contributed by atoms with Gasteiger partial charge in [0.1, 0.15) is 12.4 Å². The van der Waals surface area contributed by atoms with Gasteiger partial charge in [-0.1, -0.05) is 60.7 Å². The summed E-state index contributed by atoms with van der Waals surface area (Å²) in [7, 11) is 1.24. The van der Waals surface area contributed by atoms with E-state index in [1.54, 1.807) is 0 Å². The van der Waals surface area contributed by atoms with E-state index in [-0.39, 0.29) is 23.5 Å². The lowest BCUT2D eigenvalue weighted by Crippen LogP contribution is -2.46. The van der Waals surface area contributed by atoms with Crippen molar-refractivity contribution in [1.82, 2.24) is 9.88 Å². The standard InChI is InChI=1S/C29H28N4O5/c1-37-29(34)25-18-27(38-20-22-10-6-3-7-11-22)24-16-23(17-26(33(35)36)28(24)30-25)32-14-12-31(13-15-32)19-21-8-4-2-5-9-21/h2-11,16-18H,12-15,19-20H2,1H3. The molecule has 194 valence electrons. The Labute approximate surface area is 220 Å². The van der Waals surface area contributed by atoms with Gasteiger partial charge in [0, 0.05) is 50.5 Å². The smallest absolute Gasteiger partial charge is 0.356 e. The van der Waals surface area contributed by atoms with Crippen LogP contribution in [0.4, 0.5) is 11.4 Å². The molecule has 0 saturated carbocycles. The molecule has 1 aliphatic rings. The van der Waals surface area contributed by atoms with Gasteiger partial charge in [0.25, 0.3) is 5.69 Å². The summed E-state index contributed by atoms with van der Waals surface area (Å²) < 4.78 is 10.9. The molecule has 1 aromatic heterocycles. The minimum atomic E-state index is -0.690. The van der Waals surface area contributed by atoms with E-state index in [0.29, 0.717) is 11.1 Å². The molecule has 3 aromatic carbocycles. The van der Waals surface area contributed by atoms with Crippen LogP contribution in [0.1, 0.15) is 21.6 Å². The number of carbonyl (C=O) groups is 1. The zero-order valence-electron chi connectivity index (χ0n) is 21.1. The van der Waals surface area contributed by atoms with Gasteiger partial charge in [-0.2, -0.15) is 0 Å². The summed E-state index contributed by atoms with van der Waals surface area (Å²) in [6.07, 6.45) is 0. The Balaban J connectivity index is 1.47. The first-order valence-corrected chi connectivity index (χ1v) is 12.4. The number of aromatic nitrogens is 1. The first-order valence-electron chi connectivity index (χ1n) is 12.4. The SMILES string of the molecule is COC(=O)c1cc(OCc2ccccc2)c2cc(N3CCN(Cc4ccccc4)CC3)cc([N+](=O)[O-])c2n1. The maximum atomic E-state index is 12.3. The number of methoxy groups -OCH3 is 1. The van der Waals surface area contributed by atoms with E-state index in [9.17, 15) is 14.9 Å². The van der Waals surface area contributed by atoms with Gasteiger partial charge in [-0.15, -0.1) is 0 Å². The molecule has 0 unspecified atom stereocenters. The zero-order valence-corrected chi connectivity index (χ0v) is 21.1. The van der Waals surface area contributed by atoms with Crippen LogP contribution in [0.15, 0.2) is 78.9 Å². The monoisotopic (exact) mass is 512 g/mol. The second-order valence-corrected chi connectivity index (χ2v) is 9.14. The van der Waals surface area contributed by atoms with Crippen molar-refractivity contribution in [2.24, 2.45) is 0 Å². The van der Waals surface area contributed by atoms with Crippen molar-refractivity contribution in [2.45, 2.75) is 13.2 Å². The molecule has 0 aliphatic carbocycles. The van der Waals surface area contributed by atoms with Crippen molar-refractivity contribution in [2.75, 3.05) is 38.2 Å². The number of hydrogen-bond donors (Lipinski definition) is 0. The molecule has 5 rings (SSSR count). The number of pyridine rings is 1. The molecule has 38 heavy (non-hydrogen) atoms. The molecule has 2 heterocycles. The molecule has 1 aliphatic heterocycles. The van der Waals surface area contributed by atoms with Gasteiger partial charge in [0.05, 0.1) is 17.4 Å². The fourth-order valence-electron chi connectivity index (χ4n) is 4.66. The first kappa shape index (κ1) is 25.2. The number of non-ortho nitro benzene ring substituents is 1. The number of piperazine rings is 1. The van der Waals surface area contributed by atoms with Crippen LogP contribution in [0, 0.1) is 10.1 Å². The average molecular weight is 513 g/mol. The van der Waals surface area contributed by atoms with Crippen molar-refractivity contribution >= 4 is 28.2 Å². The second kappa shape index (κ2) is 11.3. The third-order valence-corrected chi connectivity index (χ3v) is 6.65. The number of nitro groups is 1. The third-order valence-electron chi connectivity index (χ3n) is 6.65. The van der Waals surface area contributed by atoms with Crippen LogP contribution in [-0.4, -0.2) is 54.1 Å². The zero-order chi connectivity index (χ0) is 26.5. The van der Waals surface area contributed by atoms with Gasteiger partial charge in [0.15, 0.2) is 11.2 Å². The summed E-state index contributed by atoms with van der Waals surface area (Å²) in [5.41, 5.74) is 2.77. The molecule has 1 fully saturated rings. The van der Waals surface area contributed by atoms with E-state index in [1.807, 2.05) is 54.6 Å². The van der Waals surface area contributed by atoms with Gasteiger partial charge >= 0.3 is 5.97 Å². The summed E-state index contributed by atoms with van der Waals surface area (Å²) in [5.74, 6) is -0.351. The fraction of sp³-hybridized carbons (Fsp3) is 0.241. The third kappa shape index (κ3) is 5.57. The number of ether oxygens (including phenoxy) is 2. The van der Waals surface area contributed by atoms with Crippen LogP contribution in [0.5, 0.6) is 5.75 Å². The minimum absolute atomic E-state index is 0.0477. The van der Waals surface area contributed by atoms with Gasteiger partial charge < -0.3 is 14.4 Å². The highest BCUT2D eigenvalue weighted by atomic mass is 16.6. The summed E-state index contributed by atoms with van der Waals surface area (Å²) in [6, 6.07) is 24.8. The summed E-state index contributed by atoms with van der Waals surface area (Å²) in [4.78, 5) is 32.8. The fourth-order valence-corrected chi connectivity index (χ4v) is 4.66. The predicted molar refractivity (Wildman–Crippen MR) is 144 cm³/mol. The first-order chi connectivity index (χ1) is 18.5. The molecular formula is C29H28N4O5. The number of benzene rings is 3. The Morgan fingerprint density at radius 3 is 2.24 bits per heavy atom. The Morgan fingerprint density at radius 1 is 0.947 bits per heavy atom. The molecule has 0 atom stereocenters. The maximum absolute atomic E-state index is 12.3. The number of rotatable bonds is 8. The number of nitrogens with zero attached hydrogens (tertiary/aromatic N) is 4. The number of fused-ring (bicyclic) bond motifs is 1. The molecule has 0 N–H and O–H groups in total. The van der Waals surface area contributed by atoms with Crippen LogP contribution >= 0.6 is 0 Å². The topological polar surface area (TPSA) is 98.0 Å². The molecule has 1 saturated heterocycles. The van der Waals surface area contributed by atoms with Crippen LogP contribution < -0.4 is 9.64 Å². The van der Waals surface area contributed by atoms with E-state index in [4.69, 9.17) is 9.47 Å². The van der Waals surface area contributed by atoms with Gasteiger partial charge in [-0.25, -0.2) is 9.78 Å². The quantitative estimate of drug-likeness (QED) is 0.188. The molecule has 9 heteroatoms. The lowest BCUT2D eigenvalue weighted by atomic mass is 10.1. The van der Waals surface area contributed by atoms with Crippen LogP contribution in [0.2, 0.25) is 0 Å². The highest BCUT2D eigenvalue weighted by molar-refractivity contribution is 5.99. The molecule has 4 aromatic rings. The lowest BCUT2D eigenvalue weighted by Gasteiger charge is -2.36. The van der Waals surface area contributed by atoms with Crippen molar-refractivity contribution in [3.8, 4) is 5.75 Å². The normalized spacial score (nSPS) is 13.9. The van der Waals surface area contributed by atoms with E-state index < -0.39 is 10.9 Å². The molecule has 9 nitrogen and oxygen atoms in total. The number of esters is 1. The number of hydrogen-bond acceptors (Lipinski definition) is 8. The number of anilines is 1. The van der Waals surface area contributed by atoms with Crippen molar-refractivity contribution in [3.63, 3.8) is 0 Å². The summed E-state index contributed by atoms with van der Waals surface area (Å²) in [6.45, 7) is 4.21. The summed E-state index contributed by atoms with van der Waals surface area (Å²) in [5, 5.41) is 12.6. The van der Waals surface area contributed by atoms with E-state index >= 15 is 0 Å². The number of carbonyl (C=O) groups excluding carboxylic acids is 1. The second-order valence-electron chi connectivity index (χ2n) is 9.14. The largest absolute Gasteiger partial charge is 0.488 e. The Hall–Kier alpha value is -4.50. The van der Waals surface area contributed by atoms with Crippen molar-refractivity contribution in [1.29, 1.82) is 0 Å². The highest BCUT2D eigenvalue weighted by Crippen LogP contribution is 2.37. The van der Waals surface area contributed by atoms with Crippen LogP contribution in [0.25, 0.3) is 10.9 Å². The maximum Gasteiger partial charge on any atom is 0.356 e. The van der Waals surface area contributed by atoms with Crippen LogP contribution in [0.3, 0.4) is 0 Å². The Morgan fingerprint density at radius 2 is 1.61 bits per heavy atom. The minimum Gasteiger partial charge on any atom is -0.488 e. The van der Waals surface area contributed by atoms with Crippen molar-refractivity contribution in [3.05, 3.63) is 106 Å². The molecule has 0 radical (unpaired) electrons. The van der Waals surface area contributed by atoms with Crippen LogP contribution in [-0.2, 0) is 17.9 Å². The van der Waals surface area contributed by atoms with Gasteiger partial charge in [-0.05, 0) is 17.2 Å². The Bertz CT molecular complexity index is 1440. The molecule has 0 amide bonds. The van der Waals surface area contributed by atoms with E-state index in [0.717, 1.165) is 44.0 Å².